The Bertz CT molecular complexity index is 749. The van der Waals surface area contributed by atoms with Crippen molar-refractivity contribution in [3.05, 3.63) is 64.7 Å². The van der Waals surface area contributed by atoms with Gasteiger partial charge in [0.25, 0.3) is 10.0 Å². The molecule has 0 aromatic heterocycles. The summed E-state index contributed by atoms with van der Waals surface area (Å²) < 4.78 is 27.6. The number of hydrogen-bond donors (Lipinski definition) is 0. The van der Waals surface area contributed by atoms with E-state index in [0.717, 1.165) is 5.56 Å². The Morgan fingerprint density at radius 2 is 1.61 bits per heavy atom. The first-order chi connectivity index (χ1) is 8.58. The smallest absolute Gasteiger partial charge is 0.199 e. The lowest BCUT2D eigenvalue weighted by Gasteiger charge is -2.01. The molecule has 0 spiro atoms. The maximum atomic E-state index is 11.9. The minimum absolute atomic E-state index is 0.259. The summed E-state index contributed by atoms with van der Waals surface area (Å²) in [5.41, 5.74) is 1.86. The fourth-order valence-corrected chi connectivity index (χ4v) is 3.28. The first kappa shape index (κ1) is 11.4. The number of sulfonamides is 1. The van der Waals surface area contributed by atoms with Crippen LogP contribution in [0.4, 0.5) is 0 Å². The molecule has 1 aliphatic heterocycles. The SMILES string of the molecule is O=S1(=O)N=C(c2ccc(Cl)cc2)c2ccccc21. The Labute approximate surface area is 110 Å². The third-order valence-corrected chi connectivity index (χ3v) is 4.34. The predicted molar refractivity (Wildman–Crippen MR) is 70.7 cm³/mol. The molecule has 5 heteroatoms. The van der Waals surface area contributed by atoms with E-state index in [1.54, 1.807) is 48.5 Å². The standard InChI is InChI=1S/C13H8ClNO2S/c14-10-7-5-9(6-8-10)13-11-3-1-2-4-12(11)18(16,17)15-13/h1-8H. The van der Waals surface area contributed by atoms with Gasteiger partial charge in [0.15, 0.2) is 0 Å². The summed E-state index contributed by atoms with van der Waals surface area (Å²) in [6.07, 6.45) is 0. The van der Waals surface area contributed by atoms with Gasteiger partial charge >= 0.3 is 0 Å². The van der Waals surface area contributed by atoms with Gasteiger partial charge in [0.05, 0.1) is 10.6 Å². The van der Waals surface area contributed by atoms with E-state index in [1.807, 2.05) is 0 Å². The molecule has 0 saturated heterocycles. The van der Waals surface area contributed by atoms with E-state index in [-0.39, 0.29) is 4.90 Å². The van der Waals surface area contributed by atoms with E-state index >= 15 is 0 Å². The van der Waals surface area contributed by atoms with Gasteiger partial charge in [-0.2, -0.15) is 12.8 Å². The molecule has 3 rings (SSSR count). The van der Waals surface area contributed by atoms with Crippen LogP contribution in [0.5, 0.6) is 0 Å². The molecule has 3 nitrogen and oxygen atoms in total. The van der Waals surface area contributed by atoms with E-state index in [2.05, 4.69) is 4.40 Å². The Balaban J connectivity index is 2.24. The highest BCUT2D eigenvalue weighted by Crippen LogP contribution is 2.29. The second kappa shape index (κ2) is 3.93. The van der Waals surface area contributed by atoms with Crippen molar-refractivity contribution in [1.82, 2.24) is 0 Å². The maximum Gasteiger partial charge on any atom is 0.283 e. The highest BCUT2D eigenvalue weighted by Gasteiger charge is 2.28. The molecule has 0 radical (unpaired) electrons. The third kappa shape index (κ3) is 1.74. The van der Waals surface area contributed by atoms with Crippen molar-refractivity contribution < 1.29 is 8.42 Å². The van der Waals surface area contributed by atoms with Crippen molar-refractivity contribution in [1.29, 1.82) is 0 Å². The normalized spacial score (nSPS) is 16.2. The van der Waals surface area contributed by atoms with E-state index < -0.39 is 10.0 Å². The molecular formula is C13H8ClNO2S. The minimum atomic E-state index is -3.56. The van der Waals surface area contributed by atoms with Crippen LogP contribution < -0.4 is 0 Å². The average Bonchev–Trinajstić information content (AvgIpc) is 2.63. The molecule has 2 aromatic carbocycles. The van der Waals surface area contributed by atoms with Crippen LogP contribution in [0.3, 0.4) is 0 Å². The molecular weight excluding hydrogens is 270 g/mol. The van der Waals surface area contributed by atoms with Crippen molar-refractivity contribution in [3.63, 3.8) is 0 Å². The first-order valence-corrected chi connectivity index (χ1v) is 7.10. The van der Waals surface area contributed by atoms with Gasteiger partial charge in [0, 0.05) is 16.1 Å². The first-order valence-electron chi connectivity index (χ1n) is 5.28. The molecule has 0 atom stereocenters. The van der Waals surface area contributed by atoms with Crippen LogP contribution in [0, 0.1) is 0 Å². The number of fused-ring (bicyclic) bond motifs is 1. The molecule has 0 fully saturated rings. The zero-order chi connectivity index (χ0) is 12.8. The van der Waals surface area contributed by atoms with E-state index in [4.69, 9.17) is 11.6 Å². The van der Waals surface area contributed by atoms with Gasteiger partial charge in [0.2, 0.25) is 0 Å². The van der Waals surface area contributed by atoms with Crippen LogP contribution in [0.25, 0.3) is 0 Å². The van der Waals surface area contributed by atoms with Gasteiger partial charge in [-0.1, -0.05) is 41.9 Å². The molecule has 1 aliphatic rings. The van der Waals surface area contributed by atoms with Gasteiger partial charge in [-0.15, -0.1) is 0 Å². The molecule has 1 heterocycles. The Morgan fingerprint density at radius 1 is 0.944 bits per heavy atom. The van der Waals surface area contributed by atoms with Gasteiger partial charge < -0.3 is 0 Å². The molecule has 0 bridgehead atoms. The number of halogens is 1. The summed E-state index contributed by atoms with van der Waals surface area (Å²) >= 11 is 5.82. The fraction of sp³-hybridized carbons (Fsp3) is 0. The van der Waals surface area contributed by atoms with Gasteiger partial charge in [0.1, 0.15) is 0 Å². The summed E-state index contributed by atoms with van der Waals surface area (Å²) in [6, 6.07) is 13.8. The third-order valence-electron chi connectivity index (χ3n) is 2.75. The van der Waals surface area contributed by atoms with Crippen LogP contribution in [-0.2, 0) is 10.0 Å². The number of rotatable bonds is 1. The monoisotopic (exact) mass is 277 g/mol. The zero-order valence-corrected chi connectivity index (χ0v) is 10.7. The Hall–Kier alpha value is -1.65. The molecule has 0 amide bonds. The highest BCUT2D eigenvalue weighted by atomic mass is 35.5. The summed E-state index contributed by atoms with van der Waals surface area (Å²) in [6.45, 7) is 0. The van der Waals surface area contributed by atoms with Crippen molar-refractivity contribution in [3.8, 4) is 0 Å². The Morgan fingerprint density at radius 3 is 2.33 bits per heavy atom. The highest BCUT2D eigenvalue weighted by molar-refractivity contribution is 7.90. The van der Waals surface area contributed by atoms with Gasteiger partial charge in [-0.25, -0.2) is 0 Å². The predicted octanol–water partition coefficient (Wildman–Crippen LogP) is 2.88. The summed E-state index contributed by atoms with van der Waals surface area (Å²) in [7, 11) is -3.56. The molecule has 2 aromatic rings. The Kier molecular flexibility index (Phi) is 2.50. The minimum Gasteiger partial charge on any atom is -0.199 e. The van der Waals surface area contributed by atoms with Crippen molar-refractivity contribution in [2.45, 2.75) is 4.90 Å². The molecule has 0 aliphatic carbocycles. The van der Waals surface area contributed by atoms with Crippen LogP contribution >= 0.6 is 11.6 Å². The van der Waals surface area contributed by atoms with E-state index in [1.165, 1.54) is 0 Å². The molecule has 0 unspecified atom stereocenters. The van der Waals surface area contributed by atoms with Crippen LogP contribution in [-0.4, -0.2) is 14.1 Å². The average molecular weight is 278 g/mol. The van der Waals surface area contributed by atoms with E-state index in [0.29, 0.717) is 16.3 Å². The second-order valence-electron chi connectivity index (χ2n) is 3.92. The molecule has 90 valence electrons. The lowest BCUT2D eigenvalue weighted by Crippen LogP contribution is -1.99. The zero-order valence-electron chi connectivity index (χ0n) is 9.17. The summed E-state index contributed by atoms with van der Waals surface area (Å²) in [4.78, 5) is 0.259. The quantitative estimate of drug-likeness (QED) is 0.805. The molecule has 0 N–H and O–H groups in total. The van der Waals surface area contributed by atoms with Crippen LogP contribution in [0.1, 0.15) is 11.1 Å². The molecule has 18 heavy (non-hydrogen) atoms. The maximum absolute atomic E-state index is 11.9. The van der Waals surface area contributed by atoms with Crippen molar-refractivity contribution >= 4 is 27.3 Å². The van der Waals surface area contributed by atoms with E-state index in [9.17, 15) is 8.42 Å². The number of benzene rings is 2. The lowest BCUT2D eigenvalue weighted by atomic mass is 10.0. The number of nitrogens with zero attached hydrogens (tertiary/aromatic N) is 1. The lowest BCUT2D eigenvalue weighted by molar-refractivity contribution is 0.599. The fourth-order valence-electron chi connectivity index (χ4n) is 1.92. The molecule has 0 saturated carbocycles. The van der Waals surface area contributed by atoms with Gasteiger partial charge in [-0.3, -0.25) is 0 Å². The number of hydrogen-bond acceptors (Lipinski definition) is 2. The second-order valence-corrected chi connectivity index (χ2v) is 5.93. The summed E-state index contributed by atoms with van der Waals surface area (Å²) in [5.74, 6) is 0. The van der Waals surface area contributed by atoms with Crippen LogP contribution in [0.15, 0.2) is 57.8 Å². The topological polar surface area (TPSA) is 46.5 Å². The largest absolute Gasteiger partial charge is 0.283 e. The summed E-state index contributed by atoms with van der Waals surface area (Å²) in [5, 5.41) is 0.605. The van der Waals surface area contributed by atoms with Crippen molar-refractivity contribution in [2.24, 2.45) is 4.40 Å². The van der Waals surface area contributed by atoms with Gasteiger partial charge in [-0.05, 0) is 18.2 Å². The van der Waals surface area contributed by atoms with Crippen LogP contribution in [0.2, 0.25) is 5.02 Å². The van der Waals surface area contributed by atoms with Crippen molar-refractivity contribution in [2.75, 3.05) is 0 Å².